The van der Waals surface area contributed by atoms with Crippen LogP contribution in [0.3, 0.4) is 0 Å². The highest BCUT2D eigenvalue weighted by atomic mass is 15.4. The molecule has 0 unspecified atom stereocenters. The van der Waals surface area contributed by atoms with Gasteiger partial charge in [0.05, 0.1) is 12.7 Å². The van der Waals surface area contributed by atoms with Crippen molar-refractivity contribution in [1.82, 2.24) is 14.8 Å². The molecule has 0 radical (unpaired) electrons. The van der Waals surface area contributed by atoms with Crippen molar-refractivity contribution >= 4 is 5.78 Å². The molecule has 0 saturated carbocycles. The molecule has 0 aliphatic heterocycles. The monoisotopic (exact) mass is 163 g/mol. The minimum atomic E-state index is 0.882. The van der Waals surface area contributed by atoms with Crippen molar-refractivity contribution in [3.8, 4) is 0 Å². The van der Waals surface area contributed by atoms with Crippen molar-refractivity contribution < 1.29 is 4.40 Å². The van der Waals surface area contributed by atoms with Crippen molar-refractivity contribution in [3.05, 3.63) is 23.8 Å². The van der Waals surface area contributed by atoms with Gasteiger partial charge in [0, 0.05) is 6.07 Å². The summed E-state index contributed by atoms with van der Waals surface area (Å²) < 4.78 is 3.73. The van der Waals surface area contributed by atoms with Crippen molar-refractivity contribution in [3.63, 3.8) is 0 Å². The van der Waals surface area contributed by atoms with Crippen LogP contribution in [0, 0.1) is 13.8 Å². The zero-order valence-corrected chi connectivity index (χ0v) is 7.44. The number of rotatable bonds is 0. The average molecular weight is 163 g/mol. The number of hydrogen-bond acceptors (Lipinski definition) is 2. The molecule has 0 saturated heterocycles. The Morgan fingerprint density at radius 3 is 2.92 bits per heavy atom. The lowest BCUT2D eigenvalue weighted by molar-refractivity contribution is -0.523. The van der Waals surface area contributed by atoms with Gasteiger partial charge in [0.1, 0.15) is 5.69 Å². The van der Waals surface area contributed by atoms with E-state index in [-0.39, 0.29) is 0 Å². The fourth-order valence-electron chi connectivity index (χ4n) is 1.33. The van der Waals surface area contributed by atoms with Gasteiger partial charge < -0.3 is 0 Å². The van der Waals surface area contributed by atoms with Gasteiger partial charge in [-0.3, -0.25) is 0 Å². The fourth-order valence-corrected chi connectivity index (χ4v) is 1.33. The molecule has 2 rings (SSSR count). The molecule has 12 heavy (non-hydrogen) atoms. The molecule has 0 atom stereocenters. The summed E-state index contributed by atoms with van der Waals surface area (Å²) in [5.41, 5.74) is 2.18. The Balaban J connectivity index is 2.92. The highest BCUT2D eigenvalue weighted by Crippen LogP contribution is 1.97. The minimum Gasteiger partial charge on any atom is -0.195 e. The molecule has 0 N–H and O–H groups in total. The fraction of sp³-hybridized carbons (Fsp3) is 0.375. The summed E-state index contributed by atoms with van der Waals surface area (Å²) in [6, 6.07) is 2.04. The van der Waals surface area contributed by atoms with E-state index in [1.807, 2.05) is 31.4 Å². The third-order valence-electron chi connectivity index (χ3n) is 1.92. The van der Waals surface area contributed by atoms with E-state index in [1.54, 1.807) is 11.0 Å². The van der Waals surface area contributed by atoms with E-state index in [0.29, 0.717) is 0 Å². The normalized spacial score (nSPS) is 10.9. The standard InChI is InChI=1S/C8H11N4/c1-6-4-7(2)12-5-9-11(3)8(12)10-6/h4-5H,1-3H3/q+1. The summed E-state index contributed by atoms with van der Waals surface area (Å²) in [5.74, 6) is 0.882. The second-order valence-corrected chi connectivity index (χ2v) is 2.96. The summed E-state index contributed by atoms with van der Waals surface area (Å²) in [6.07, 6.45) is 1.77. The van der Waals surface area contributed by atoms with Gasteiger partial charge in [-0.15, -0.1) is 9.67 Å². The third-order valence-corrected chi connectivity index (χ3v) is 1.92. The Morgan fingerprint density at radius 1 is 1.42 bits per heavy atom. The second kappa shape index (κ2) is 2.27. The van der Waals surface area contributed by atoms with Crippen LogP contribution in [0.1, 0.15) is 11.4 Å². The van der Waals surface area contributed by atoms with Crippen LogP contribution in [-0.2, 0) is 7.05 Å². The number of nitrogens with zero attached hydrogens (tertiary/aromatic N) is 4. The van der Waals surface area contributed by atoms with Crippen molar-refractivity contribution in [1.29, 1.82) is 0 Å². The summed E-state index contributed by atoms with van der Waals surface area (Å²) >= 11 is 0. The smallest absolute Gasteiger partial charge is 0.195 e. The highest BCUT2D eigenvalue weighted by molar-refractivity contribution is 5.19. The molecule has 0 aromatic carbocycles. The molecular formula is C8H11N4+. The summed E-state index contributed by atoms with van der Waals surface area (Å²) in [6.45, 7) is 4.03. The molecule has 0 aliphatic rings. The Hall–Kier alpha value is -1.45. The maximum atomic E-state index is 4.36. The van der Waals surface area contributed by atoms with Crippen LogP contribution in [0.15, 0.2) is 12.4 Å². The zero-order chi connectivity index (χ0) is 8.72. The molecule has 0 spiro atoms. The zero-order valence-electron chi connectivity index (χ0n) is 7.44. The van der Waals surface area contributed by atoms with Gasteiger partial charge in [-0.05, 0) is 18.9 Å². The highest BCUT2D eigenvalue weighted by Gasteiger charge is 2.10. The van der Waals surface area contributed by atoms with Crippen LogP contribution >= 0.6 is 0 Å². The summed E-state index contributed by atoms with van der Waals surface area (Å²) in [4.78, 5) is 4.36. The van der Waals surface area contributed by atoms with Crippen LogP contribution in [0.25, 0.3) is 5.78 Å². The van der Waals surface area contributed by atoms with E-state index >= 15 is 0 Å². The first kappa shape index (κ1) is 7.21. The van der Waals surface area contributed by atoms with E-state index in [9.17, 15) is 0 Å². The second-order valence-electron chi connectivity index (χ2n) is 2.96. The first-order valence-electron chi connectivity index (χ1n) is 3.86. The van der Waals surface area contributed by atoms with Gasteiger partial charge in [0.25, 0.3) is 0 Å². The first-order valence-corrected chi connectivity index (χ1v) is 3.86. The molecule has 2 aromatic heterocycles. The van der Waals surface area contributed by atoms with Crippen LogP contribution in [-0.4, -0.2) is 14.8 Å². The van der Waals surface area contributed by atoms with E-state index < -0.39 is 0 Å². The molecule has 0 bridgehead atoms. The Bertz CT molecular complexity index is 430. The molecule has 4 heteroatoms. The molecule has 0 aliphatic carbocycles. The number of fused-ring (bicyclic) bond motifs is 1. The van der Waals surface area contributed by atoms with E-state index in [2.05, 4.69) is 10.1 Å². The summed E-state index contributed by atoms with van der Waals surface area (Å²) in [7, 11) is 1.89. The Labute approximate surface area is 70.5 Å². The lowest BCUT2D eigenvalue weighted by Crippen LogP contribution is -2.25. The van der Waals surface area contributed by atoms with Crippen LogP contribution in [0.4, 0.5) is 0 Å². The predicted molar refractivity (Wildman–Crippen MR) is 43.6 cm³/mol. The number of aromatic nitrogens is 4. The van der Waals surface area contributed by atoms with Gasteiger partial charge in [-0.2, -0.15) is 4.40 Å². The van der Waals surface area contributed by atoms with Crippen molar-refractivity contribution in [2.24, 2.45) is 7.05 Å². The average Bonchev–Trinajstić information content (AvgIpc) is 2.33. The maximum Gasteiger partial charge on any atom is 0.386 e. The van der Waals surface area contributed by atoms with E-state index in [1.165, 1.54) is 0 Å². The van der Waals surface area contributed by atoms with Crippen LogP contribution in [0.2, 0.25) is 0 Å². The Kier molecular flexibility index (Phi) is 1.36. The van der Waals surface area contributed by atoms with Gasteiger partial charge in [0.15, 0.2) is 0 Å². The largest absolute Gasteiger partial charge is 0.386 e. The molecule has 4 nitrogen and oxygen atoms in total. The lowest BCUT2D eigenvalue weighted by atomic mass is 10.3. The maximum absolute atomic E-state index is 4.36. The summed E-state index contributed by atoms with van der Waals surface area (Å²) in [5, 5.41) is 4.11. The molecule has 2 aromatic rings. The first-order chi connectivity index (χ1) is 5.68. The van der Waals surface area contributed by atoms with Gasteiger partial charge in [-0.25, -0.2) is 0 Å². The van der Waals surface area contributed by atoms with Gasteiger partial charge in [0.2, 0.25) is 6.33 Å². The Morgan fingerprint density at radius 2 is 2.17 bits per heavy atom. The minimum absolute atomic E-state index is 0.882. The number of hydrogen-bond donors (Lipinski definition) is 0. The van der Waals surface area contributed by atoms with Crippen molar-refractivity contribution in [2.45, 2.75) is 13.8 Å². The number of aryl methyl sites for hydroxylation is 3. The molecule has 0 fully saturated rings. The third kappa shape index (κ3) is 0.879. The predicted octanol–water partition coefficient (Wildman–Crippen LogP) is 0.171. The molecular weight excluding hydrogens is 152 g/mol. The topological polar surface area (TPSA) is 34.8 Å². The van der Waals surface area contributed by atoms with Crippen LogP contribution < -0.4 is 4.40 Å². The van der Waals surface area contributed by atoms with Gasteiger partial charge in [-0.1, -0.05) is 0 Å². The lowest BCUT2D eigenvalue weighted by Gasteiger charge is -1.92. The molecule has 62 valence electrons. The molecule has 0 amide bonds. The van der Waals surface area contributed by atoms with E-state index in [4.69, 9.17) is 0 Å². The van der Waals surface area contributed by atoms with E-state index in [0.717, 1.165) is 17.2 Å². The quantitative estimate of drug-likeness (QED) is 0.519. The SMILES string of the molecule is Cc1cc(C)[n+]2cnn(C)c2n1. The van der Waals surface area contributed by atoms with Crippen molar-refractivity contribution in [2.75, 3.05) is 0 Å². The van der Waals surface area contributed by atoms with Crippen LogP contribution in [0.5, 0.6) is 0 Å². The van der Waals surface area contributed by atoms with Gasteiger partial charge >= 0.3 is 5.78 Å². The molecule has 2 heterocycles.